The number of aliphatic carboxylic acids is 1. The van der Waals surface area contributed by atoms with E-state index >= 15 is 0 Å². The number of thiol groups is 1. The molecule has 0 rings (SSSR count). The first-order valence-corrected chi connectivity index (χ1v) is 4.75. The van der Waals surface area contributed by atoms with Gasteiger partial charge in [0.25, 0.3) is 0 Å². The smallest absolute Gasteiger partial charge is 0.326 e. The lowest BCUT2D eigenvalue weighted by Crippen LogP contribution is -2.44. The van der Waals surface area contributed by atoms with Crippen molar-refractivity contribution in [2.45, 2.75) is 26.3 Å². The maximum atomic E-state index is 11.0. The topological polar surface area (TPSA) is 66.4 Å². The summed E-state index contributed by atoms with van der Waals surface area (Å²) in [5.41, 5.74) is 0. The Labute approximate surface area is 83.1 Å². The Balaban J connectivity index is 4.10. The fourth-order valence-electron chi connectivity index (χ4n) is 0.861. The first-order valence-electron chi connectivity index (χ1n) is 4.12. The van der Waals surface area contributed by atoms with E-state index < -0.39 is 12.0 Å². The number of rotatable bonds is 5. The number of nitrogens with one attached hydrogen (secondary N) is 1. The van der Waals surface area contributed by atoms with E-state index in [1.54, 1.807) is 13.8 Å². The van der Waals surface area contributed by atoms with E-state index in [2.05, 4.69) is 17.9 Å². The molecule has 0 aromatic carbocycles. The molecule has 1 atom stereocenters. The van der Waals surface area contributed by atoms with Crippen LogP contribution < -0.4 is 5.32 Å². The highest BCUT2D eigenvalue weighted by Crippen LogP contribution is 2.02. The van der Waals surface area contributed by atoms with Crippen LogP contribution >= 0.6 is 12.6 Å². The predicted molar refractivity (Wildman–Crippen MR) is 52.9 cm³/mol. The molecule has 0 aromatic heterocycles. The molecule has 0 radical (unpaired) electrons. The lowest BCUT2D eigenvalue weighted by Gasteiger charge is -2.17. The van der Waals surface area contributed by atoms with Crippen LogP contribution in [0.1, 0.15) is 20.3 Å². The molecule has 0 heterocycles. The molecule has 0 fully saturated rings. The monoisotopic (exact) mass is 205 g/mol. The Bertz CT molecular complexity index is 194. The zero-order valence-electron chi connectivity index (χ0n) is 7.78. The minimum absolute atomic E-state index is 0.110. The standard InChI is InChI=1S/C8H15NO3S/c1-5(2)7(8(11)12)9-6(10)3-4-13/h5,7,13H,3-4H2,1-2H3,(H,9,10)(H,11,12)/t7-/m1/s1. The van der Waals surface area contributed by atoms with E-state index in [9.17, 15) is 9.59 Å². The summed E-state index contributed by atoms with van der Waals surface area (Å²) in [4.78, 5) is 21.7. The molecule has 2 N–H and O–H groups in total. The van der Waals surface area contributed by atoms with Crippen molar-refractivity contribution >= 4 is 24.5 Å². The molecule has 76 valence electrons. The molecule has 1 amide bonds. The lowest BCUT2D eigenvalue weighted by molar-refractivity contribution is -0.143. The van der Waals surface area contributed by atoms with Crippen LogP contribution in [-0.4, -0.2) is 28.8 Å². The minimum atomic E-state index is -0.998. The van der Waals surface area contributed by atoms with Crippen molar-refractivity contribution in [3.05, 3.63) is 0 Å². The largest absolute Gasteiger partial charge is 0.480 e. The normalized spacial score (nSPS) is 12.6. The highest BCUT2D eigenvalue weighted by atomic mass is 32.1. The van der Waals surface area contributed by atoms with Gasteiger partial charge in [0.2, 0.25) is 5.91 Å². The molecule has 0 aliphatic rings. The van der Waals surface area contributed by atoms with Gasteiger partial charge >= 0.3 is 5.97 Å². The summed E-state index contributed by atoms with van der Waals surface area (Å²) in [7, 11) is 0. The van der Waals surface area contributed by atoms with Crippen LogP contribution in [0.2, 0.25) is 0 Å². The molecular formula is C8H15NO3S. The van der Waals surface area contributed by atoms with Crippen LogP contribution in [0, 0.1) is 5.92 Å². The summed E-state index contributed by atoms with van der Waals surface area (Å²) >= 11 is 3.88. The van der Waals surface area contributed by atoms with Gasteiger partial charge in [0.1, 0.15) is 6.04 Å². The Kier molecular flexibility index (Phi) is 5.53. The van der Waals surface area contributed by atoms with Crippen molar-refractivity contribution in [1.29, 1.82) is 0 Å². The number of amides is 1. The Hall–Kier alpha value is -0.710. The summed E-state index contributed by atoms with van der Waals surface area (Å²) < 4.78 is 0. The molecule has 4 nitrogen and oxygen atoms in total. The molecule has 0 unspecified atom stereocenters. The van der Waals surface area contributed by atoms with Crippen molar-refractivity contribution in [3.63, 3.8) is 0 Å². The van der Waals surface area contributed by atoms with E-state index in [0.717, 1.165) is 0 Å². The molecule has 0 saturated heterocycles. The lowest BCUT2D eigenvalue weighted by atomic mass is 10.0. The highest BCUT2D eigenvalue weighted by Gasteiger charge is 2.22. The van der Waals surface area contributed by atoms with Gasteiger partial charge in [-0.2, -0.15) is 12.6 Å². The molecule has 0 aliphatic carbocycles. The second-order valence-electron chi connectivity index (χ2n) is 3.10. The molecular weight excluding hydrogens is 190 g/mol. The summed E-state index contributed by atoms with van der Waals surface area (Å²) in [5.74, 6) is -0.948. The number of carbonyl (C=O) groups is 2. The van der Waals surface area contributed by atoms with Crippen LogP contribution in [0.4, 0.5) is 0 Å². The Morgan fingerprint density at radius 2 is 2.00 bits per heavy atom. The summed E-state index contributed by atoms with van der Waals surface area (Å²) in [6, 6.07) is -0.799. The van der Waals surface area contributed by atoms with Gasteiger partial charge in [-0.3, -0.25) is 4.79 Å². The second-order valence-corrected chi connectivity index (χ2v) is 3.55. The van der Waals surface area contributed by atoms with Crippen LogP contribution in [-0.2, 0) is 9.59 Å². The minimum Gasteiger partial charge on any atom is -0.480 e. The van der Waals surface area contributed by atoms with Gasteiger partial charge < -0.3 is 10.4 Å². The van der Waals surface area contributed by atoms with Gasteiger partial charge in [-0.1, -0.05) is 13.8 Å². The van der Waals surface area contributed by atoms with Gasteiger partial charge in [-0.25, -0.2) is 4.79 Å². The predicted octanol–water partition coefficient (Wildman–Crippen LogP) is 0.532. The van der Waals surface area contributed by atoms with Gasteiger partial charge in [-0.05, 0) is 11.7 Å². The molecule has 0 saturated carbocycles. The number of carbonyl (C=O) groups excluding carboxylic acids is 1. The van der Waals surface area contributed by atoms with E-state index in [-0.39, 0.29) is 18.2 Å². The van der Waals surface area contributed by atoms with Gasteiger partial charge in [0.15, 0.2) is 0 Å². The SMILES string of the molecule is CC(C)[C@@H](NC(=O)CCS)C(=O)O. The fraction of sp³-hybridized carbons (Fsp3) is 0.750. The van der Waals surface area contributed by atoms with E-state index in [4.69, 9.17) is 5.11 Å². The van der Waals surface area contributed by atoms with Crippen molar-refractivity contribution in [3.8, 4) is 0 Å². The fourth-order valence-corrected chi connectivity index (χ4v) is 1.06. The van der Waals surface area contributed by atoms with Crippen molar-refractivity contribution in [2.75, 3.05) is 5.75 Å². The van der Waals surface area contributed by atoms with Gasteiger partial charge in [0.05, 0.1) is 0 Å². The molecule has 0 aromatic rings. The highest BCUT2D eigenvalue weighted by molar-refractivity contribution is 7.80. The number of carboxylic acids is 1. The summed E-state index contributed by atoms with van der Waals surface area (Å²) in [6.07, 6.45) is 0.250. The summed E-state index contributed by atoms with van der Waals surface area (Å²) in [5, 5.41) is 11.2. The zero-order chi connectivity index (χ0) is 10.4. The molecule has 0 spiro atoms. The van der Waals surface area contributed by atoms with Crippen LogP contribution in [0.25, 0.3) is 0 Å². The Morgan fingerprint density at radius 1 is 1.46 bits per heavy atom. The summed E-state index contributed by atoms with van der Waals surface area (Å²) in [6.45, 7) is 3.50. The third kappa shape index (κ3) is 4.77. The number of hydrogen-bond acceptors (Lipinski definition) is 3. The second kappa shape index (κ2) is 5.85. The van der Waals surface area contributed by atoms with E-state index in [1.807, 2.05) is 0 Å². The van der Waals surface area contributed by atoms with Crippen molar-refractivity contribution < 1.29 is 14.7 Å². The molecule has 0 bridgehead atoms. The van der Waals surface area contributed by atoms with Crippen LogP contribution in [0.5, 0.6) is 0 Å². The molecule has 5 heteroatoms. The van der Waals surface area contributed by atoms with Gasteiger partial charge in [-0.15, -0.1) is 0 Å². The quantitative estimate of drug-likeness (QED) is 0.574. The first-order chi connectivity index (χ1) is 5.99. The van der Waals surface area contributed by atoms with E-state index in [0.29, 0.717) is 5.75 Å². The van der Waals surface area contributed by atoms with Crippen molar-refractivity contribution in [2.24, 2.45) is 5.92 Å². The number of hydrogen-bond donors (Lipinski definition) is 3. The maximum absolute atomic E-state index is 11.0. The maximum Gasteiger partial charge on any atom is 0.326 e. The molecule has 13 heavy (non-hydrogen) atoms. The molecule has 0 aliphatic heterocycles. The van der Waals surface area contributed by atoms with E-state index in [1.165, 1.54) is 0 Å². The third-order valence-electron chi connectivity index (χ3n) is 1.59. The first kappa shape index (κ1) is 12.3. The average molecular weight is 205 g/mol. The third-order valence-corrected chi connectivity index (χ3v) is 1.81. The Morgan fingerprint density at radius 3 is 2.31 bits per heavy atom. The van der Waals surface area contributed by atoms with Crippen molar-refractivity contribution in [1.82, 2.24) is 5.32 Å². The van der Waals surface area contributed by atoms with Crippen LogP contribution in [0.15, 0.2) is 0 Å². The van der Waals surface area contributed by atoms with Gasteiger partial charge in [0, 0.05) is 6.42 Å². The van der Waals surface area contributed by atoms with Crippen LogP contribution in [0.3, 0.4) is 0 Å². The zero-order valence-corrected chi connectivity index (χ0v) is 8.67. The average Bonchev–Trinajstić information content (AvgIpc) is 1.99. The number of carboxylic acid groups (broad SMARTS) is 1.